The van der Waals surface area contributed by atoms with E-state index in [9.17, 15) is 0 Å². The summed E-state index contributed by atoms with van der Waals surface area (Å²) in [4.78, 5) is 5.02. The number of nitrogens with zero attached hydrogens (tertiary/aromatic N) is 1. The van der Waals surface area contributed by atoms with Crippen LogP contribution in [0.25, 0.3) is 0 Å². The normalized spacial score (nSPS) is 21.6. The third kappa shape index (κ3) is 3.82. The summed E-state index contributed by atoms with van der Waals surface area (Å²) in [5.74, 6) is 0. The molecular weight excluding hydrogens is 387 g/mol. The molecule has 2 aliphatic rings. The molecule has 28 heavy (non-hydrogen) atoms. The molecule has 1 N–H and O–H groups in total. The van der Waals surface area contributed by atoms with Gasteiger partial charge in [-0.1, -0.05) is 50.0 Å². The molecule has 148 valence electrons. The number of hydrogen-bond donors (Lipinski definition) is 1. The van der Waals surface area contributed by atoms with Crippen LogP contribution in [0.5, 0.6) is 0 Å². The fourth-order valence-corrected chi connectivity index (χ4v) is 4.77. The average molecular weight is 415 g/mol. The van der Waals surface area contributed by atoms with E-state index < -0.39 is 0 Å². The van der Waals surface area contributed by atoms with Gasteiger partial charge >= 0.3 is 0 Å². The number of nitrogens with one attached hydrogen (secondary N) is 1. The van der Waals surface area contributed by atoms with Gasteiger partial charge in [-0.25, -0.2) is 0 Å². The maximum absolute atomic E-state index is 6.49. The van der Waals surface area contributed by atoms with Crippen LogP contribution < -0.4 is 5.32 Å². The summed E-state index contributed by atoms with van der Waals surface area (Å²) in [5.41, 5.74) is 6.14. The van der Waals surface area contributed by atoms with E-state index >= 15 is 0 Å². The van der Waals surface area contributed by atoms with Crippen LogP contribution in [-0.2, 0) is 5.41 Å². The van der Waals surface area contributed by atoms with Gasteiger partial charge in [0.15, 0.2) is 0 Å². The molecule has 1 fully saturated rings. The minimum absolute atomic E-state index is 0.0300. The Labute approximate surface area is 178 Å². The predicted octanol–water partition coefficient (Wildman–Crippen LogP) is 7.58. The van der Waals surface area contributed by atoms with E-state index in [-0.39, 0.29) is 11.5 Å². The van der Waals surface area contributed by atoms with Crippen LogP contribution in [0.15, 0.2) is 41.4 Å². The van der Waals surface area contributed by atoms with Crippen LogP contribution in [0.2, 0.25) is 10.0 Å². The van der Waals surface area contributed by atoms with E-state index in [1.54, 1.807) is 0 Å². The van der Waals surface area contributed by atoms with Crippen LogP contribution in [0, 0.1) is 0 Å². The predicted molar refractivity (Wildman–Crippen MR) is 121 cm³/mol. The van der Waals surface area contributed by atoms with Crippen LogP contribution >= 0.6 is 23.2 Å². The van der Waals surface area contributed by atoms with Gasteiger partial charge in [-0.15, -0.1) is 0 Å². The molecule has 0 radical (unpaired) electrons. The fraction of sp³-hybridized carbons (Fsp3) is 0.458. The molecule has 1 heterocycles. The van der Waals surface area contributed by atoms with Crippen molar-refractivity contribution in [3.05, 3.63) is 63.1 Å². The molecule has 0 aromatic heterocycles. The SMILES string of the molecule is CCC(=NC1CCC1)c1ccc2c(c1)C(C)(C)CC(c1cc(Cl)ccc1Cl)N2. The Balaban J connectivity index is 1.68. The van der Waals surface area contributed by atoms with Crippen molar-refractivity contribution in [2.75, 3.05) is 5.32 Å². The molecule has 4 heteroatoms. The highest BCUT2D eigenvalue weighted by molar-refractivity contribution is 6.33. The van der Waals surface area contributed by atoms with Gasteiger partial charge < -0.3 is 5.32 Å². The highest BCUT2D eigenvalue weighted by atomic mass is 35.5. The highest BCUT2D eigenvalue weighted by Crippen LogP contribution is 2.46. The lowest BCUT2D eigenvalue weighted by atomic mass is 9.73. The van der Waals surface area contributed by atoms with E-state index in [1.807, 2.05) is 18.2 Å². The van der Waals surface area contributed by atoms with Gasteiger partial charge in [-0.2, -0.15) is 0 Å². The molecule has 0 spiro atoms. The molecule has 2 aromatic carbocycles. The lowest BCUT2D eigenvalue weighted by Crippen LogP contribution is -2.31. The average Bonchev–Trinajstić information content (AvgIpc) is 2.62. The van der Waals surface area contributed by atoms with Crippen molar-refractivity contribution in [2.45, 2.75) is 70.4 Å². The topological polar surface area (TPSA) is 24.4 Å². The lowest BCUT2D eigenvalue weighted by molar-refractivity contribution is 0.419. The Morgan fingerprint density at radius 2 is 1.93 bits per heavy atom. The minimum atomic E-state index is 0.0300. The zero-order valence-electron chi connectivity index (χ0n) is 16.9. The summed E-state index contributed by atoms with van der Waals surface area (Å²) in [7, 11) is 0. The quantitative estimate of drug-likeness (QED) is 0.512. The zero-order valence-corrected chi connectivity index (χ0v) is 18.4. The van der Waals surface area contributed by atoms with Crippen LogP contribution in [-0.4, -0.2) is 11.8 Å². The van der Waals surface area contributed by atoms with Crippen molar-refractivity contribution in [3.63, 3.8) is 0 Å². The summed E-state index contributed by atoms with van der Waals surface area (Å²) in [6, 6.07) is 13.2. The first-order valence-electron chi connectivity index (χ1n) is 10.3. The largest absolute Gasteiger partial charge is 0.378 e. The van der Waals surface area contributed by atoms with Gasteiger partial charge in [0.05, 0.1) is 12.1 Å². The van der Waals surface area contributed by atoms with Crippen molar-refractivity contribution in [2.24, 2.45) is 4.99 Å². The van der Waals surface area contributed by atoms with Crippen LogP contribution in [0.4, 0.5) is 5.69 Å². The number of anilines is 1. The molecule has 0 amide bonds. The Bertz CT molecular complexity index is 913. The second-order valence-corrected chi connectivity index (χ2v) is 9.57. The zero-order chi connectivity index (χ0) is 19.9. The summed E-state index contributed by atoms with van der Waals surface area (Å²) in [6.07, 6.45) is 5.74. The lowest BCUT2D eigenvalue weighted by Gasteiger charge is -2.39. The molecule has 2 nitrogen and oxygen atoms in total. The molecular formula is C24H28Cl2N2. The summed E-state index contributed by atoms with van der Waals surface area (Å²) in [5, 5.41) is 5.19. The van der Waals surface area contributed by atoms with E-state index in [1.165, 1.54) is 41.8 Å². The first-order chi connectivity index (χ1) is 13.4. The molecule has 1 atom stereocenters. The smallest absolute Gasteiger partial charge is 0.0537 e. The Morgan fingerprint density at radius 1 is 1.14 bits per heavy atom. The second-order valence-electron chi connectivity index (χ2n) is 8.73. The van der Waals surface area contributed by atoms with Crippen molar-refractivity contribution in [3.8, 4) is 0 Å². The van der Waals surface area contributed by atoms with Gasteiger partial charge in [0.2, 0.25) is 0 Å². The molecule has 0 bridgehead atoms. The number of rotatable bonds is 4. The van der Waals surface area contributed by atoms with Crippen molar-refractivity contribution in [1.82, 2.24) is 0 Å². The Morgan fingerprint density at radius 3 is 2.61 bits per heavy atom. The highest BCUT2D eigenvalue weighted by Gasteiger charge is 2.34. The van der Waals surface area contributed by atoms with Crippen molar-refractivity contribution >= 4 is 34.6 Å². The molecule has 1 saturated carbocycles. The van der Waals surface area contributed by atoms with Gasteiger partial charge in [-0.3, -0.25) is 4.99 Å². The Hall–Kier alpha value is -1.51. The third-order valence-electron chi connectivity index (χ3n) is 6.21. The molecule has 2 aromatic rings. The van der Waals surface area contributed by atoms with E-state index in [4.69, 9.17) is 28.2 Å². The number of aliphatic imine (C=N–C) groups is 1. The molecule has 1 aliphatic heterocycles. The fourth-order valence-electron chi connectivity index (χ4n) is 4.34. The summed E-state index contributed by atoms with van der Waals surface area (Å²) in [6.45, 7) is 6.84. The minimum Gasteiger partial charge on any atom is -0.378 e. The van der Waals surface area contributed by atoms with E-state index in [0.29, 0.717) is 6.04 Å². The van der Waals surface area contributed by atoms with Gasteiger partial charge in [0, 0.05) is 21.4 Å². The van der Waals surface area contributed by atoms with Gasteiger partial charge in [0.1, 0.15) is 0 Å². The van der Waals surface area contributed by atoms with E-state index in [2.05, 4.69) is 44.3 Å². The summed E-state index contributed by atoms with van der Waals surface area (Å²) >= 11 is 12.7. The van der Waals surface area contributed by atoms with Crippen LogP contribution in [0.3, 0.4) is 0 Å². The van der Waals surface area contributed by atoms with Gasteiger partial charge in [0.25, 0.3) is 0 Å². The van der Waals surface area contributed by atoms with Gasteiger partial charge in [-0.05, 0) is 84.5 Å². The van der Waals surface area contributed by atoms with Crippen molar-refractivity contribution < 1.29 is 0 Å². The van der Waals surface area contributed by atoms with Crippen LogP contribution in [0.1, 0.15) is 75.6 Å². The number of benzene rings is 2. The van der Waals surface area contributed by atoms with E-state index in [0.717, 1.165) is 28.5 Å². The second kappa shape index (κ2) is 7.72. The number of fused-ring (bicyclic) bond motifs is 1. The summed E-state index contributed by atoms with van der Waals surface area (Å²) < 4.78 is 0. The maximum atomic E-state index is 6.49. The first-order valence-corrected chi connectivity index (χ1v) is 11.1. The standard InChI is InChI=1S/C24H28Cl2N2/c1-4-21(27-17-6-5-7-17)15-8-11-22-19(12-15)24(2,3)14-23(28-22)18-13-16(25)9-10-20(18)26/h8-13,17,23,28H,4-7,14H2,1-3H3. The molecule has 1 unspecified atom stereocenters. The van der Waals surface area contributed by atoms with Crippen molar-refractivity contribution in [1.29, 1.82) is 0 Å². The monoisotopic (exact) mass is 414 g/mol. The Kier molecular flexibility index (Phi) is 5.46. The third-order valence-corrected chi connectivity index (χ3v) is 6.79. The maximum Gasteiger partial charge on any atom is 0.0537 e. The molecule has 1 aliphatic carbocycles. The molecule has 4 rings (SSSR count). The number of halogens is 2. The first kappa shape index (κ1) is 19.8. The number of hydrogen-bond acceptors (Lipinski definition) is 2. The molecule has 0 saturated heterocycles.